The van der Waals surface area contributed by atoms with Gasteiger partial charge in [-0.3, -0.25) is 0 Å². The summed E-state index contributed by atoms with van der Waals surface area (Å²) in [7, 11) is 4.18. The topological polar surface area (TPSA) is 125 Å². The van der Waals surface area contributed by atoms with Crippen molar-refractivity contribution >= 4 is 30.7 Å². The van der Waals surface area contributed by atoms with Gasteiger partial charge in [-0.15, -0.1) is 0 Å². The molecule has 2 rings (SSSR count). The predicted octanol–water partition coefficient (Wildman–Crippen LogP) is 1.92. The van der Waals surface area contributed by atoms with Gasteiger partial charge in [-0.05, 0) is 23.8 Å². The Bertz CT molecular complexity index is 753. The van der Waals surface area contributed by atoms with E-state index in [-0.39, 0.29) is 13.2 Å². The van der Waals surface area contributed by atoms with Crippen molar-refractivity contribution in [1.82, 2.24) is 10.6 Å². The largest absolute Gasteiger partial charge is 0.508 e. The van der Waals surface area contributed by atoms with Crippen LogP contribution in [0.5, 0.6) is 0 Å². The lowest BCUT2D eigenvalue weighted by atomic mass is 10.1. The summed E-state index contributed by atoms with van der Waals surface area (Å²) in [5.41, 5.74) is 0.826. The van der Waals surface area contributed by atoms with Crippen LogP contribution in [0, 0.1) is 5.92 Å². The Morgan fingerprint density at radius 1 is 1.20 bits per heavy atom. The lowest BCUT2D eigenvalue weighted by Crippen LogP contribution is -2.47. The number of rotatable bonds is 9. The van der Waals surface area contributed by atoms with Crippen LogP contribution in [0.3, 0.4) is 0 Å². The maximum Gasteiger partial charge on any atom is 0.508 e. The van der Waals surface area contributed by atoms with Gasteiger partial charge in [0.15, 0.2) is 0 Å². The Kier molecular flexibility index (Phi) is 9.47. The van der Waals surface area contributed by atoms with Crippen molar-refractivity contribution in [3.63, 3.8) is 0 Å². The Hall–Kier alpha value is -1.75. The molecular formula is C18H27N2O8PS. The molecule has 1 saturated carbocycles. The molecule has 2 amide bonds. The van der Waals surface area contributed by atoms with Gasteiger partial charge in [0.2, 0.25) is 0 Å². The number of benzene rings is 1. The molecule has 0 bridgehead atoms. The fourth-order valence-electron chi connectivity index (χ4n) is 3.21. The molecule has 1 aliphatic carbocycles. The first-order valence-electron chi connectivity index (χ1n) is 9.21. The molecule has 0 aliphatic heterocycles. The second-order valence-electron chi connectivity index (χ2n) is 6.58. The summed E-state index contributed by atoms with van der Waals surface area (Å²) in [6.07, 6.45) is -1.89. The number of carbonyl (C=O) groups is 2. The van der Waals surface area contributed by atoms with E-state index in [4.69, 9.17) is 35.1 Å². The minimum Gasteiger partial charge on any atom is -0.434 e. The highest BCUT2D eigenvalue weighted by Crippen LogP contribution is 2.48. The summed E-state index contributed by atoms with van der Waals surface area (Å²) < 4.78 is 26.3. The molecule has 2 unspecified atom stereocenters. The smallest absolute Gasteiger partial charge is 0.434 e. The van der Waals surface area contributed by atoms with Crippen molar-refractivity contribution in [2.75, 3.05) is 27.9 Å². The van der Waals surface area contributed by atoms with E-state index in [2.05, 4.69) is 10.6 Å². The molecular weight excluding hydrogens is 435 g/mol. The van der Waals surface area contributed by atoms with Crippen LogP contribution in [-0.2, 0) is 41.7 Å². The number of hydrogen-bond acceptors (Lipinski definition) is 8. The van der Waals surface area contributed by atoms with Crippen LogP contribution < -0.4 is 10.6 Å². The average Bonchev–Trinajstić information content (AvgIpc) is 3.06. The molecule has 0 saturated heterocycles. The molecule has 10 nitrogen and oxygen atoms in total. The molecule has 1 fully saturated rings. The quantitative estimate of drug-likeness (QED) is 0.373. The maximum absolute atomic E-state index is 12.0. The second kappa shape index (κ2) is 11.6. The lowest BCUT2D eigenvalue weighted by Gasteiger charge is -2.28. The van der Waals surface area contributed by atoms with Gasteiger partial charge in [-0.25, -0.2) is 9.59 Å². The van der Waals surface area contributed by atoms with Gasteiger partial charge < -0.3 is 38.8 Å². The molecule has 1 aromatic rings. The van der Waals surface area contributed by atoms with Crippen molar-refractivity contribution in [2.45, 2.75) is 31.3 Å². The standard InChI is InChI=1S/C18H27N2O8PS/c1-19-17(21)20-14-9-13(15(16(14)24-2)28-29(23,30)25-3)11-27-18(22)26-10-12-7-5-4-6-8-12/h4-8,13-16H,9-11H2,1-3H3,(H,23,30)(H2,19,20,21)/t13-,14+,15?,16-,29?/m1/s1. The van der Waals surface area contributed by atoms with E-state index in [1.54, 1.807) is 0 Å². The second-order valence-corrected chi connectivity index (χ2v) is 9.48. The van der Waals surface area contributed by atoms with Crippen LogP contribution >= 0.6 is 6.72 Å². The van der Waals surface area contributed by atoms with Gasteiger partial charge in [-0.1, -0.05) is 30.3 Å². The van der Waals surface area contributed by atoms with E-state index in [0.29, 0.717) is 6.42 Å². The number of urea groups is 1. The van der Waals surface area contributed by atoms with Gasteiger partial charge in [0.05, 0.1) is 6.04 Å². The lowest BCUT2D eigenvalue weighted by molar-refractivity contribution is -0.0254. The number of carbonyl (C=O) groups excluding carboxylic acids is 2. The van der Waals surface area contributed by atoms with Crippen LogP contribution in [0.2, 0.25) is 0 Å². The number of methoxy groups -OCH3 is 1. The monoisotopic (exact) mass is 462 g/mol. The highest BCUT2D eigenvalue weighted by Gasteiger charge is 2.47. The highest BCUT2D eigenvalue weighted by atomic mass is 32.5. The first-order chi connectivity index (χ1) is 14.3. The van der Waals surface area contributed by atoms with Gasteiger partial charge in [0, 0.05) is 27.2 Å². The Morgan fingerprint density at radius 3 is 2.50 bits per heavy atom. The zero-order valence-corrected chi connectivity index (χ0v) is 18.7. The van der Waals surface area contributed by atoms with E-state index in [9.17, 15) is 14.5 Å². The molecule has 0 radical (unpaired) electrons. The van der Waals surface area contributed by atoms with E-state index in [0.717, 1.165) is 5.56 Å². The van der Waals surface area contributed by atoms with Crippen molar-refractivity contribution in [3.8, 4) is 0 Å². The third kappa shape index (κ3) is 7.19. The van der Waals surface area contributed by atoms with Crippen LogP contribution in [0.15, 0.2) is 30.3 Å². The minimum atomic E-state index is -3.53. The van der Waals surface area contributed by atoms with E-state index in [1.807, 2.05) is 30.3 Å². The SMILES string of the molecule is CNC(=O)N[C@H]1C[C@H](COC(=O)OCc2ccccc2)C(OP(O)(=S)OC)[C@@H]1OC. The molecule has 168 valence electrons. The summed E-state index contributed by atoms with van der Waals surface area (Å²) in [6.45, 7) is -3.53. The molecule has 1 aromatic carbocycles. The summed E-state index contributed by atoms with van der Waals surface area (Å²) in [4.78, 5) is 33.9. The molecule has 30 heavy (non-hydrogen) atoms. The fourth-order valence-corrected chi connectivity index (χ4v) is 4.19. The molecule has 1 aliphatic rings. The number of hydrogen-bond donors (Lipinski definition) is 3. The Morgan fingerprint density at radius 2 is 1.90 bits per heavy atom. The fraction of sp³-hybridized carbons (Fsp3) is 0.556. The minimum absolute atomic E-state index is 0.0763. The molecule has 0 spiro atoms. The maximum atomic E-state index is 12.0. The zero-order valence-electron chi connectivity index (χ0n) is 17.0. The van der Waals surface area contributed by atoms with Crippen molar-refractivity contribution < 1.29 is 37.7 Å². The number of amides is 2. The normalized spacial score (nSPS) is 25.2. The Balaban J connectivity index is 2.01. The molecule has 0 heterocycles. The van der Waals surface area contributed by atoms with Crippen molar-refractivity contribution in [2.24, 2.45) is 5.92 Å². The summed E-state index contributed by atoms with van der Waals surface area (Å²) in [5.74, 6) is -0.425. The first kappa shape index (κ1) is 24.5. The third-order valence-electron chi connectivity index (χ3n) is 4.66. The first-order valence-corrected chi connectivity index (χ1v) is 11.8. The number of ether oxygens (including phenoxy) is 3. The Labute approximate surface area is 180 Å². The molecule has 5 atom stereocenters. The van der Waals surface area contributed by atoms with Crippen molar-refractivity contribution in [3.05, 3.63) is 35.9 Å². The zero-order chi connectivity index (χ0) is 22.1. The summed E-state index contributed by atoms with van der Waals surface area (Å²) in [5, 5.41) is 5.23. The molecule has 12 heteroatoms. The van der Waals surface area contributed by atoms with Crippen LogP contribution in [0.1, 0.15) is 12.0 Å². The van der Waals surface area contributed by atoms with Gasteiger partial charge in [0.1, 0.15) is 25.4 Å². The summed E-state index contributed by atoms with van der Waals surface area (Å²) >= 11 is 4.95. The highest BCUT2D eigenvalue weighted by molar-refractivity contribution is 8.07. The van der Waals surface area contributed by atoms with E-state index < -0.39 is 43.1 Å². The van der Waals surface area contributed by atoms with Crippen molar-refractivity contribution in [1.29, 1.82) is 0 Å². The van der Waals surface area contributed by atoms with E-state index in [1.165, 1.54) is 21.3 Å². The van der Waals surface area contributed by atoms with Gasteiger partial charge in [0.25, 0.3) is 0 Å². The third-order valence-corrected chi connectivity index (χ3v) is 6.33. The molecule has 0 aromatic heterocycles. The van der Waals surface area contributed by atoms with Crippen LogP contribution in [-0.4, -0.2) is 63.2 Å². The van der Waals surface area contributed by atoms with Crippen LogP contribution in [0.25, 0.3) is 0 Å². The molecule has 3 N–H and O–H groups in total. The number of nitrogens with one attached hydrogen (secondary N) is 2. The van der Waals surface area contributed by atoms with Gasteiger partial charge in [-0.2, -0.15) is 0 Å². The summed E-state index contributed by atoms with van der Waals surface area (Å²) in [6, 6.07) is 8.32. The van der Waals surface area contributed by atoms with E-state index >= 15 is 0 Å². The van der Waals surface area contributed by atoms with Gasteiger partial charge >= 0.3 is 18.9 Å². The predicted molar refractivity (Wildman–Crippen MR) is 111 cm³/mol. The average molecular weight is 462 g/mol. The van der Waals surface area contributed by atoms with Crippen LogP contribution in [0.4, 0.5) is 9.59 Å².